The lowest BCUT2D eigenvalue weighted by atomic mass is 9.93. The summed E-state index contributed by atoms with van der Waals surface area (Å²) in [5.41, 5.74) is 8.25. The van der Waals surface area contributed by atoms with Crippen LogP contribution in [0.25, 0.3) is 0 Å². The molecule has 0 aliphatic rings. The van der Waals surface area contributed by atoms with Crippen LogP contribution < -0.4 is 11.5 Å². The van der Waals surface area contributed by atoms with Gasteiger partial charge in [0.15, 0.2) is 0 Å². The van der Waals surface area contributed by atoms with Gasteiger partial charge in [-0.25, -0.2) is 9.59 Å². The smallest absolute Gasteiger partial charge is 0.338 e. The Morgan fingerprint density at radius 1 is 0.857 bits per heavy atom. The first-order chi connectivity index (χ1) is 9.32. The van der Waals surface area contributed by atoms with Crippen molar-refractivity contribution in [2.45, 2.75) is 77.5 Å². The first-order valence-corrected chi connectivity index (χ1v) is 7.28. The predicted molar refractivity (Wildman–Crippen MR) is 81.5 cm³/mol. The lowest BCUT2D eigenvalue weighted by molar-refractivity contribution is -0.177. The average molecular weight is 302 g/mol. The Morgan fingerprint density at radius 2 is 1.24 bits per heavy atom. The molecule has 0 heterocycles. The third-order valence-corrected chi connectivity index (χ3v) is 2.55. The van der Waals surface area contributed by atoms with Crippen LogP contribution in [0, 0.1) is 0 Å². The van der Waals surface area contributed by atoms with Crippen molar-refractivity contribution in [2.24, 2.45) is 11.5 Å². The fourth-order valence-corrected chi connectivity index (χ4v) is 1.57. The summed E-state index contributed by atoms with van der Waals surface area (Å²) in [5, 5.41) is 0. The van der Waals surface area contributed by atoms with E-state index in [1.54, 1.807) is 41.5 Å². The van der Waals surface area contributed by atoms with Crippen molar-refractivity contribution in [1.29, 1.82) is 0 Å². The zero-order valence-electron chi connectivity index (χ0n) is 14.1. The van der Waals surface area contributed by atoms with Crippen LogP contribution in [0.5, 0.6) is 0 Å². The van der Waals surface area contributed by atoms with Crippen LogP contribution in [0.4, 0.5) is 0 Å². The number of carbonyl (C=O) groups is 2. The van der Waals surface area contributed by atoms with E-state index in [1.165, 1.54) is 0 Å². The number of nitrogens with two attached hydrogens (primary N) is 2. The van der Waals surface area contributed by atoms with Crippen molar-refractivity contribution in [3.63, 3.8) is 0 Å². The van der Waals surface area contributed by atoms with Crippen LogP contribution in [0.2, 0.25) is 0 Å². The van der Waals surface area contributed by atoms with E-state index < -0.39 is 28.7 Å². The molecule has 6 heteroatoms. The Hall–Kier alpha value is -1.14. The van der Waals surface area contributed by atoms with Gasteiger partial charge >= 0.3 is 11.9 Å². The summed E-state index contributed by atoms with van der Waals surface area (Å²) >= 11 is 0. The van der Waals surface area contributed by atoms with Gasteiger partial charge < -0.3 is 20.9 Å². The van der Waals surface area contributed by atoms with Gasteiger partial charge in [0, 0.05) is 0 Å². The van der Waals surface area contributed by atoms with Crippen molar-refractivity contribution < 1.29 is 19.1 Å². The third kappa shape index (κ3) is 7.43. The molecule has 0 aromatic carbocycles. The summed E-state index contributed by atoms with van der Waals surface area (Å²) in [6, 6.07) is 0. The molecular formula is C15H30N2O4. The van der Waals surface area contributed by atoms with Crippen LogP contribution in [0.15, 0.2) is 0 Å². The Bertz CT molecular complexity index is 339. The van der Waals surface area contributed by atoms with E-state index in [-0.39, 0.29) is 6.42 Å². The quantitative estimate of drug-likeness (QED) is 0.437. The summed E-state index contributed by atoms with van der Waals surface area (Å²) in [4.78, 5) is 24.6. The molecule has 0 saturated heterocycles. The molecule has 0 saturated carbocycles. The van der Waals surface area contributed by atoms with Gasteiger partial charge in [-0.05, 0) is 67.3 Å². The Morgan fingerprint density at radius 3 is 1.52 bits per heavy atom. The number of rotatable bonds is 6. The lowest BCUT2D eigenvalue weighted by Crippen LogP contribution is -2.59. The van der Waals surface area contributed by atoms with Crippen LogP contribution in [0.3, 0.4) is 0 Å². The average Bonchev–Trinajstić information content (AvgIpc) is 2.24. The second-order valence-electron chi connectivity index (χ2n) is 7.22. The van der Waals surface area contributed by atoms with Gasteiger partial charge in [-0.2, -0.15) is 0 Å². The van der Waals surface area contributed by atoms with Crippen LogP contribution in [0.1, 0.15) is 60.8 Å². The van der Waals surface area contributed by atoms with E-state index in [1.807, 2.05) is 0 Å². The van der Waals surface area contributed by atoms with Gasteiger partial charge in [0.05, 0.1) is 0 Å². The number of hydrogen-bond acceptors (Lipinski definition) is 6. The number of esters is 2. The maximum Gasteiger partial charge on any atom is 0.338 e. The fraction of sp³-hybridized carbons (Fsp3) is 0.867. The second-order valence-corrected chi connectivity index (χ2v) is 7.22. The molecule has 0 amide bonds. The molecule has 0 aliphatic carbocycles. The highest BCUT2D eigenvalue weighted by Crippen LogP contribution is 2.22. The largest absolute Gasteiger partial charge is 0.458 e. The normalized spacial score (nSPS) is 13.0. The Kier molecular flexibility index (Phi) is 6.83. The Balaban J connectivity index is 5.16. The van der Waals surface area contributed by atoms with Crippen molar-refractivity contribution >= 4 is 11.9 Å². The maximum absolute atomic E-state index is 12.3. The second kappa shape index (κ2) is 7.22. The monoisotopic (exact) mass is 302 g/mol. The molecule has 4 N–H and O–H groups in total. The summed E-state index contributed by atoms with van der Waals surface area (Å²) < 4.78 is 10.5. The Labute approximate surface area is 127 Å². The molecule has 0 aromatic rings. The van der Waals surface area contributed by atoms with Gasteiger partial charge in [-0.3, -0.25) is 0 Å². The first-order valence-electron chi connectivity index (χ1n) is 7.28. The topological polar surface area (TPSA) is 105 Å². The van der Waals surface area contributed by atoms with Crippen LogP contribution >= 0.6 is 0 Å². The van der Waals surface area contributed by atoms with E-state index in [2.05, 4.69) is 0 Å². The third-order valence-electron chi connectivity index (χ3n) is 2.55. The SMILES string of the molecule is CC(C)(C)OC(=O)C(N)(CCCCN)C(=O)OC(C)(C)C. The van der Waals surface area contributed by atoms with E-state index in [9.17, 15) is 9.59 Å². The molecule has 124 valence electrons. The molecule has 0 unspecified atom stereocenters. The van der Waals surface area contributed by atoms with Crippen molar-refractivity contribution in [1.82, 2.24) is 0 Å². The van der Waals surface area contributed by atoms with Crippen LogP contribution in [-0.2, 0) is 19.1 Å². The maximum atomic E-state index is 12.3. The summed E-state index contributed by atoms with van der Waals surface area (Å²) in [6.07, 6.45) is 1.37. The predicted octanol–water partition coefficient (Wildman–Crippen LogP) is 1.50. The molecule has 0 bridgehead atoms. The molecule has 0 aromatic heterocycles. The van der Waals surface area contributed by atoms with Crippen molar-refractivity contribution in [2.75, 3.05) is 6.54 Å². The van der Waals surface area contributed by atoms with E-state index in [4.69, 9.17) is 20.9 Å². The molecule has 0 aliphatic heterocycles. The molecule has 0 spiro atoms. The van der Waals surface area contributed by atoms with Gasteiger partial charge in [-0.1, -0.05) is 0 Å². The summed E-state index contributed by atoms with van der Waals surface area (Å²) in [5.74, 6) is -1.53. The number of unbranched alkanes of at least 4 members (excludes halogenated alkanes) is 1. The first kappa shape index (κ1) is 19.9. The lowest BCUT2D eigenvalue weighted by Gasteiger charge is -2.32. The standard InChI is InChI=1S/C15H30N2O4/c1-13(2,3)20-11(18)15(17,9-7-8-10-16)12(19)21-14(4,5)6/h7-10,16-17H2,1-6H3. The molecule has 6 nitrogen and oxygen atoms in total. The van der Waals surface area contributed by atoms with Gasteiger partial charge in [0.1, 0.15) is 11.2 Å². The van der Waals surface area contributed by atoms with Crippen LogP contribution in [-0.4, -0.2) is 35.2 Å². The highest BCUT2D eigenvalue weighted by atomic mass is 16.6. The van der Waals surface area contributed by atoms with Crippen molar-refractivity contribution in [3.8, 4) is 0 Å². The zero-order valence-corrected chi connectivity index (χ0v) is 14.1. The summed E-state index contributed by atoms with van der Waals surface area (Å²) in [6.45, 7) is 10.8. The molecular weight excluding hydrogens is 272 g/mol. The summed E-state index contributed by atoms with van der Waals surface area (Å²) in [7, 11) is 0. The van der Waals surface area contributed by atoms with Gasteiger partial charge in [-0.15, -0.1) is 0 Å². The molecule has 0 rings (SSSR count). The minimum atomic E-state index is -1.80. The molecule has 0 fully saturated rings. The van der Waals surface area contributed by atoms with Crippen molar-refractivity contribution in [3.05, 3.63) is 0 Å². The minimum absolute atomic E-state index is 0.147. The van der Waals surface area contributed by atoms with E-state index in [0.29, 0.717) is 19.4 Å². The molecule has 0 radical (unpaired) electrons. The highest BCUT2D eigenvalue weighted by Gasteiger charge is 2.47. The highest BCUT2D eigenvalue weighted by molar-refractivity contribution is 6.04. The molecule has 21 heavy (non-hydrogen) atoms. The number of carbonyl (C=O) groups excluding carboxylic acids is 2. The van der Waals surface area contributed by atoms with Gasteiger partial charge in [0.25, 0.3) is 0 Å². The minimum Gasteiger partial charge on any atom is -0.458 e. The van der Waals surface area contributed by atoms with E-state index in [0.717, 1.165) is 0 Å². The van der Waals surface area contributed by atoms with Gasteiger partial charge in [0.2, 0.25) is 5.54 Å². The zero-order chi connectivity index (χ0) is 16.9. The number of hydrogen-bond donors (Lipinski definition) is 2. The van der Waals surface area contributed by atoms with E-state index >= 15 is 0 Å². The molecule has 0 atom stereocenters. The fourth-order valence-electron chi connectivity index (χ4n) is 1.57. The number of ether oxygens (including phenoxy) is 2.